The monoisotopic (exact) mass is 585 g/mol. The summed E-state index contributed by atoms with van der Waals surface area (Å²) in [6, 6.07) is 34.6. The molecule has 9 atom stereocenters. The predicted molar refractivity (Wildman–Crippen MR) is 160 cm³/mol. The Morgan fingerprint density at radius 3 is 1.56 bits per heavy atom. The first-order valence-electron chi connectivity index (χ1n) is 16.0. The highest BCUT2D eigenvalue weighted by Crippen LogP contribution is 2.36. The van der Waals surface area contributed by atoms with Crippen LogP contribution in [0.15, 0.2) is 126 Å². The highest BCUT2D eigenvalue weighted by Gasteiger charge is 2.56. The Morgan fingerprint density at radius 1 is 0.674 bits per heavy atom. The maximum Gasteiger partial charge on any atom is 0.277 e. The number of hydrogen-bond donors (Lipinski definition) is 1. The number of ether oxygens (including phenoxy) is 5. The van der Waals surface area contributed by atoms with Crippen molar-refractivity contribution in [2.24, 2.45) is 5.11 Å². The van der Waals surface area contributed by atoms with Crippen LogP contribution in [0, 0.1) is 0 Å². The Labute approximate surface area is 256 Å². The zero-order valence-corrected chi connectivity index (χ0v) is 23.2. The van der Waals surface area contributed by atoms with Gasteiger partial charge in [0, 0.05) is 4.91 Å². The van der Waals surface area contributed by atoms with Crippen molar-refractivity contribution in [2.75, 3.05) is 6.61 Å². The molecule has 1 N–H and O–H groups in total. The van der Waals surface area contributed by atoms with Crippen LogP contribution in [0.5, 0.6) is 0 Å². The standard InChI is InChI=1S/C34H35N3O6/c35-37-36-34(38)33(42-24-29-19-11-4-12-20-29)32(41-23-28-17-9-3-10-18-28)31(40-22-27-15-7-2-8-16-27)30(43-34)25-39-21-26-13-5-1-6-14-26/h1-20,30-33,38H,21-25H2/t30-,31+,32+,33-,34?/m1/s1/i21D,22D,23D,24D/t21?,22?,23?,24?,30-,31+,32+,33-,34?. The molecule has 5 rings (SSSR count). The molecule has 9 heteroatoms. The number of nitrogens with zero attached hydrogens (tertiary/aromatic N) is 3. The topological polar surface area (TPSA) is 115 Å². The molecular weight excluding hydrogens is 546 g/mol. The summed E-state index contributed by atoms with van der Waals surface area (Å²) in [6.45, 7) is -5.60. The molecule has 1 fully saturated rings. The van der Waals surface area contributed by atoms with Crippen LogP contribution in [0.1, 0.15) is 27.7 Å². The van der Waals surface area contributed by atoms with Crippen molar-refractivity contribution in [3.63, 3.8) is 0 Å². The van der Waals surface area contributed by atoms with Gasteiger partial charge < -0.3 is 28.8 Å². The Hall–Kier alpha value is -4.05. The number of benzene rings is 4. The molecule has 0 aromatic heterocycles. The lowest BCUT2D eigenvalue weighted by Crippen LogP contribution is -2.66. The lowest BCUT2D eigenvalue weighted by atomic mass is 9.95. The largest absolute Gasteiger partial charge is 0.374 e. The van der Waals surface area contributed by atoms with Gasteiger partial charge in [0.05, 0.1) is 38.4 Å². The molecule has 4 aromatic rings. The molecule has 1 heterocycles. The SMILES string of the molecule is [2H]C(OC[C@H]1OC(O)(N=[N+]=[N-])[C@H](OC([2H])c2ccccc2)[C@@H](OC([2H])c2ccccc2)[C@H]1OC([2H])c1ccccc1)c1ccccc1. The van der Waals surface area contributed by atoms with E-state index in [1.807, 2.05) is 6.07 Å². The van der Waals surface area contributed by atoms with Gasteiger partial charge in [-0.05, 0) is 32.9 Å². The van der Waals surface area contributed by atoms with Crippen LogP contribution in [0.25, 0.3) is 10.4 Å². The number of hydrogen-bond acceptors (Lipinski definition) is 7. The average Bonchev–Trinajstić information content (AvgIpc) is 3.11. The fourth-order valence-electron chi connectivity index (χ4n) is 4.54. The van der Waals surface area contributed by atoms with Crippen LogP contribution in [-0.2, 0) is 50.0 Å². The maximum atomic E-state index is 11.8. The highest BCUT2D eigenvalue weighted by molar-refractivity contribution is 5.16. The van der Waals surface area contributed by atoms with Crippen LogP contribution in [0.3, 0.4) is 0 Å². The molecule has 0 saturated carbocycles. The lowest BCUT2D eigenvalue weighted by Gasteiger charge is -2.48. The van der Waals surface area contributed by atoms with Gasteiger partial charge in [0.15, 0.2) is 0 Å². The minimum absolute atomic E-state index is 0.373. The molecule has 222 valence electrons. The van der Waals surface area contributed by atoms with Crippen molar-refractivity contribution >= 4 is 0 Å². The molecule has 1 aliphatic heterocycles. The van der Waals surface area contributed by atoms with Crippen LogP contribution in [0.2, 0.25) is 0 Å². The molecule has 1 aliphatic rings. The molecule has 1 saturated heterocycles. The zero-order chi connectivity index (χ0) is 33.2. The molecule has 5 unspecified atom stereocenters. The van der Waals surface area contributed by atoms with Crippen LogP contribution < -0.4 is 0 Å². The van der Waals surface area contributed by atoms with Gasteiger partial charge >= 0.3 is 0 Å². The van der Waals surface area contributed by atoms with Crippen molar-refractivity contribution < 1.29 is 34.3 Å². The minimum atomic E-state index is -2.77. The predicted octanol–water partition coefficient (Wildman–Crippen LogP) is 6.31. The first-order chi connectivity index (χ1) is 22.8. The van der Waals surface area contributed by atoms with Crippen molar-refractivity contribution in [2.45, 2.75) is 56.7 Å². The third-order valence-electron chi connectivity index (χ3n) is 6.62. The third kappa shape index (κ3) is 8.50. The van der Waals surface area contributed by atoms with E-state index in [1.165, 1.54) is 0 Å². The van der Waals surface area contributed by atoms with Crippen molar-refractivity contribution in [3.8, 4) is 0 Å². The molecule has 9 nitrogen and oxygen atoms in total. The van der Waals surface area contributed by atoms with E-state index in [1.54, 1.807) is 115 Å². The number of rotatable bonds is 14. The van der Waals surface area contributed by atoms with Crippen LogP contribution in [-0.4, -0.2) is 42.0 Å². The second kappa shape index (κ2) is 15.4. The summed E-state index contributed by atoms with van der Waals surface area (Å²) in [5.41, 5.74) is 11.5. The quantitative estimate of drug-likeness (QED) is 0.105. The Balaban J connectivity index is 1.55. The van der Waals surface area contributed by atoms with Gasteiger partial charge in [0.1, 0.15) is 24.4 Å². The van der Waals surface area contributed by atoms with Gasteiger partial charge in [0.25, 0.3) is 5.91 Å². The maximum absolute atomic E-state index is 11.8. The van der Waals surface area contributed by atoms with E-state index in [0.29, 0.717) is 22.3 Å². The summed E-state index contributed by atoms with van der Waals surface area (Å²) in [6.07, 6.45) is -5.76. The van der Waals surface area contributed by atoms with E-state index in [2.05, 4.69) is 10.0 Å². The Bertz CT molecular complexity index is 1580. The lowest BCUT2D eigenvalue weighted by molar-refractivity contribution is -0.368. The second-order valence-electron chi connectivity index (χ2n) is 9.71. The van der Waals surface area contributed by atoms with Gasteiger partial charge in [-0.25, -0.2) is 0 Å². The van der Waals surface area contributed by atoms with Crippen LogP contribution in [0.4, 0.5) is 0 Å². The first kappa shape index (κ1) is 25.4. The summed E-state index contributed by atoms with van der Waals surface area (Å²) >= 11 is 0. The van der Waals surface area contributed by atoms with Gasteiger partial charge in [-0.3, -0.25) is 0 Å². The number of azide groups is 1. The molecular formula is C34H35N3O6. The van der Waals surface area contributed by atoms with Crippen molar-refractivity contribution in [3.05, 3.63) is 154 Å². The summed E-state index contributed by atoms with van der Waals surface area (Å²) < 4.78 is 65.5. The normalized spacial score (nSPS) is 27.7. The Morgan fingerprint density at radius 2 is 1.09 bits per heavy atom. The molecule has 0 aliphatic carbocycles. The van der Waals surface area contributed by atoms with Crippen LogP contribution >= 0.6 is 0 Å². The first-order valence-corrected chi connectivity index (χ1v) is 13.7. The Kier molecular flexibility index (Phi) is 9.13. The molecule has 0 spiro atoms. The van der Waals surface area contributed by atoms with E-state index in [0.717, 1.165) is 0 Å². The fraction of sp³-hybridized carbons (Fsp3) is 0.294. The van der Waals surface area contributed by atoms with Crippen molar-refractivity contribution in [1.82, 2.24) is 0 Å². The van der Waals surface area contributed by atoms with E-state index in [-0.39, 0.29) is 6.61 Å². The minimum Gasteiger partial charge on any atom is -0.374 e. The summed E-state index contributed by atoms with van der Waals surface area (Å²) in [5.74, 6) is -2.77. The number of aliphatic hydroxyl groups is 1. The molecule has 0 bridgehead atoms. The van der Waals surface area contributed by atoms with E-state index < -0.39 is 56.7 Å². The molecule has 43 heavy (non-hydrogen) atoms. The second-order valence-corrected chi connectivity index (χ2v) is 9.71. The summed E-state index contributed by atoms with van der Waals surface area (Å²) in [7, 11) is 0. The zero-order valence-electron chi connectivity index (χ0n) is 27.2. The van der Waals surface area contributed by atoms with E-state index >= 15 is 0 Å². The molecule has 0 radical (unpaired) electrons. The van der Waals surface area contributed by atoms with Crippen molar-refractivity contribution in [1.29, 1.82) is 0 Å². The van der Waals surface area contributed by atoms with Gasteiger partial charge in [0.2, 0.25) is 0 Å². The smallest absolute Gasteiger partial charge is 0.277 e. The van der Waals surface area contributed by atoms with Gasteiger partial charge in [-0.1, -0.05) is 121 Å². The van der Waals surface area contributed by atoms with Gasteiger partial charge in [-0.15, -0.1) is 0 Å². The fourth-order valence-corrected chi connectivity index (χ4v) is 4.54. The molecule has 0 amide bonds. The molecule has 4 aromatic carbocycles. The summed E-state index contributed by atoms with van der Waals surface area (Å²) in [5, 5.41) is 15.3. The average molecular weight is 586 g/mol. The highest BCUT2D eigenvalue weighted by atomic mass is 16.7. The third-order valence-corrected chi connectivity index (χ3v) is 6.62. The summed E-state index contributed by atoms with van der Waals surface area (Å²) in [4.78, 5) is 2.79. The van der Waals surface area contributed by atoms with E-state index in [4.69, 9.17) is 29.2 Å². The van der Waals surface area contributed by atoms with E-state index in [9.17, 15) is 10.6 Å². The van der Waals surface area contributed by atoms with Gasteiger partial charge in [-0.2, -0.15) is 0 Å².